The number of amides is 2. The molecule has 170 valence electrons. The molecule has 0 atom stereocenters. The third-order valence-electron chi connectivity index (χ3n) is 5.90. The lowest BCUT2D eigenvalue weighted by atomic mass is 10.1. The predicted octanol–water partition coefficient (Wildman–Crippen LogP) is 6.71. The Morgan fingerprint density at radius 1 is 0.657 bits per heavy atom. The van der Waals surface area contributed by atoms with Gasteiger partial charge in [-0.1, -0.05) is 84.4 Å². The lowest BCUT2D eigenvalue weighted by Gasteiger charge is -2.12. The van der Waals surface area contributed by atoms with Crippen molar-refractivity contribution in [2.45, 2.75) is 6.92 Å². The van der Waals surface area contributed by atoms with Crippen LogP contribution < -0.4 is 10.6 Å². The normalized spacial score (nSPS) is 11.4. The van der Waals surface area contributed by atoms with Crippen LogP contribution in [0.15, 0.2) is 115 Å². The molecule has 4 nitrogen and oxygen atoms in total. The number of fused-ring (bicyclic) bond motifs is 2. The Morgan fingerprint density at radius 3 is 1.94 bits per heavy atom. The molecule has 5 rings (SSSR count). The lowest BCUT2D eigenvalue weighted by molar-refractivity contribution is -0.113. The Morgan fingerprint density at radius 2 is 1.26 bits per heavy atom. The molecular formula is C31H24N2O2. The van der Waals surface area contributed by atoms with Gasteiger partial charge in [-0.05, 0) is 70.4 Å². The molecule has 0 heterocycles. The molecule has 2 N–H and O–H groups in total. The van der Waals surface area contributed by atoms with Crippen molar-refractivity contribution in [2.75, 3.05) is 5.32 Å². The van der Waals surface area contributed by atoms with Crippen LogP contribution in [0.25, 0.3) is 27.6 Å². The van der Waals surface area contributed by atoms with E-state index in [1.54, 1.807) is 18.2 Å². The molecule has 0 radical (unpaired) electrons. The van der Waals surface area contributed by atoms with Crippen molar-refractivity contribution in [2.24, 2.45) is 0 Å². The highest BCUT2D eigenvalue weighted by Crippen LogP contribution is 2.21. The first-order valence-corrected chi connectivity index (χ1v) is 11.4. The Labute approximate surface area is 203 Å². The molecule has 0 aliphatic rings. The molecule has 0 saturated carbocycles. The average Bonchev–Trinajstić information content (AvgIpc) is 2.88. The number of benzene rings is 5. The zero-order chi connectivity index (χ0) is 24.2. The van der Waals surface area contributed by atoms with Crippen LogP contribution in [0.3, 0.4) is 0 Å². The molecule has 0 aliphatic heterocycles. The Kier molecular flexibility index (Phi) is 6.10. The zero-order valence-corrected chi connectivity index (χ0v) is 19.3. The highest BCUT2D eigenvalue weighted by molar-refractivity contribution is 6.11. The van der Waals surface area contributed by atoms with E-state index < -0.39 is 5.91 Å². The molecule has 5 aromatic rings. The fourth-order valence-corrected chi connectivity index (χ4v) is 3.99. The standard InChI is InChI=1S/C31H24N2O2/c1-21-10-13-25(14-11-21)30(34)33-29(19-22-12-15-23-6-2-4-8-26(23)18-22)31(35)32-28-17-16-24-7-3-5-9-27(24)20-28/h2-20H,1H3,(H,32,35)(H,33,34)/b29-19+. The third kappa shape index (κ3) is 5.12. The van der Waals surface area contributed by atoms with E-state index in [9.17, 15) is 9.59 Å². The van der Waals surface area contributed by atoms with E-state index in [4.69, 9.17) is 0 Å². The van der Waals surface area contributed by atoms with Gasteiger partial charge < -0.3 is 10.6 Å². The molecule has 4 heteroatoms. The summed E-state index contributed by atoms with van der Waals surface area (Å²) in [5.41, 5.74) is 3.18. The van der Waals surface area contributed by atoms with Gasteiger partial charge in [0, 0.05) is 11.3 Å². The molecule has 0 unspecified atom stereocenters. The summed E-state index contributed by atoms with van der Waals surface area (Å²) in [5, 5.41) is 10.0. The van der Waals surface area contributed by atoms with Crippen molar-refractivity contribution < 1.29 is 9.59 Å². The summed E-state index contributed by atoms with van der Waals surface area (Å²) in [7, 11) is 0. The maximum Gasteiger partial charge on any atom is 0.272 e. The number of aryl methyl sites for hydroxylation is 1. The van der Waals surface area contributed by atoms with Crippen LogP contribution in [-0.4, -0.2) is 11.8 Å². The van der Waals surface area contributed by atoms with Gasteiger partial charge in [0.2, 0.25) is 0 Å². The van der Waals surface area contributed by atoms with Crippen LogP contribution in [0, 0.1) is 6.92 Å². The molecule has 2 amide bonds. The minimum Gasteiger partial charge on any atom is -0.321 e. The predicted molar refractivity (Wildman–Crippen MR) is 143 cm³/mol. The molecule has 5 aromatic carbocycles. The van der Waals surface area contributed by atoms with Crippen molar-refractivity contribution >= 4 is 45.1 Å². The summed E-state index contributed by atoms with van der Waals surface area (Å²) >= 11 is 0. The van der Waals surface area contributed by atoms with Gasteiger partial charge in [-0.25, -0.2) is 0 Å². The summed E-state index contributed by atoms with van der Waals surface area (Å²) in [6.45, 7) is 1.96. The lowest BCUT2D eigenvalue weighted by Crippen LogP contribution is -2.30. The number of carbonyl (C=O) groups is 2. The number of hydrogen-bond donors (Lipinski definition) is 2. The van der Waals surface area contributed by atoms with E-state index in [0.717, 1.165) is 32.7 Å². The fourth-order valence-electron chi connectivity index (χ4n) is 3.99. The van der Waals surface area contributed by atoms with Gasteiger partial charge in [0.1, 0.15) is 5.70 Å². The van der Waals surface area contributed by atoms with Crippen LogP contribution in [0.1, 0.15) is 21.5 Å². The van der Waals surface area contributed by atoms with Crippen LogP contribution in [0.5, 0.6) is 0 Å². The molecule has 0 aliphatic carbocycles. The second-order valence-corrected chi connectivity index (χ2v) is 8.50. The van der Waals surface area contributed by atoms with Gasteiger partial charge in [-0.2, -0.15) is 0 Å². The molecular weight excluding hydrogens is 432 g/mol. The maximum absolute atomic E-state index is 13.3. The van der Waals surface area contributed by atoms with Crippen LogP contribution in [0.2, 0.25) is 0 Å². The molecule has 35 heavy (non-hydrogen) atoms. The largest absolute Gasteiger partial charge is 0.321 e. The van der Waals surface area contributed by atoms with Gasteiger partial charge in [0.25, 0.3) is 11.8 Å². The first kappa shape index (κ1) is 22.1. The van der Waals surface area contributed by atoms with Gasteiger partial charge in [-0.3, -0.25) is 9.59 Å². The summed E-state index contributed by atoms with van der Waals surface area (Å²) in [5.74, 6) is -0.736. The quantitative estimate of drug-likeness (QED) is 0.289. The van der Waals surface area contributed by atoms with E-state index in [1.807, 2.05) is 104 Å². The van der Waals surface area contributed by atoms with E-state index in [-0.39, 0.29) is 11.6 Å². The molecule has 0 saturated heterocycles. The Hall–Kier alpha value is -4.70. The first-order valence-electron chi connectivity index (χ1n) is 11.4. The van der Waals surface area contributed by atoms with Crippen molar-refractivity contribution in [3.8, 4) is 0 Å². The topological polar surface area (TPSA) is 58.2 Å². The van der Waals surface area contributed by atoms with Gasteiger partial charge >= 0.3 is 0 Å². The van der Waals surface area contributed by atoms with E-state index in [2.05, 4.69) is 10.6 Å². The third-order valence-corrected chi connectivity index (χ3v) is 5.90. The monoisotopic (exact) mass is 456 g/mol. The molecule has 0 spiro atoms. The van der Waals surface area contributed by atoms with Crippen molar-refractivity contribution in [1.82, 2.24) is 5.32 Å². The number of carbonyl (C=O) groups excluding carboxylic acids is 2. The number of nitrogens with one attached hydrogen (secondary N) is 2. The SMILES string of the molecule is Cc1ccc(C(=O)N/C(=C/c2ccc3ccccc3c2)C(=O)Nc2ccc3ccccc3c2)cc1. The fraction of sp³-hybridized carbons (Fsp3) is 0.0323. The number of rotatable bonds is 5. The van der Waals surface area contributed by atoms with Crippen molar-refractivity contribution in [3.05, 3.63) is 132 Å². The van der Waals surface area contributed by atoms with Crippen molar-refractivity contribution in [1.29, 1.82) is 0 Å². The minimum absolute atomic E-state index is 0.166. The van der Waals surface area contributed by atoms with Gasteiger partial charge in [-0.15, -0.1) is 0 Å². The van der Waals surface area contributed by atoms with Crippen LogP contribution in [0.4, 0.5) is 5.69 Å². The highest BCUT2D eigenvalue weighted by atomic mass is 16.2. The van der Waals surface area contributed by atoms with Gasteiger partial charge in [0.05, 0.1) is 0 Å². The van der Waals surface area contributed by atoms with Crippen LogP contribution in [-0.2, 0) is 4.79 Å². The minimum atomic E-state index is -0.395. The van der Waals surface area contributed by atoms with Crippen LogP contribution >= 0.6 is 0 Å². The van der Waals surface area contributed by atoms with Gasteiger partial charge in [0.15, 0.2) is 0 Å². The second-order valence-electron chi connectivity index (χ2n) is 8.50. The Bertz CT molecular complexity index is 1580. The summed E-state index contributed by atoms with van der Waals surface area (Å²) in [4.78, 5) is 26.3. The van der Waals surface area contributed by atoms with E-state index >= 15 is 0 Å². The summed E-state index contributed by atoms with van der Waals surface area (Å²) in [6, 6.07) is 34.9. The highest BCUT2D eigenvalue weighted by Gasteiger charge is 2.15. The van der Waals surface area contributed by atoms with E-state index in [1.165, 1.54) is 0 Å². The number of anilines is 1. The summed E-state index contributed by atoms with van der Waals surface area (Å²) < 4.78 is 0. The average molecular weight is 457 g/mol. The molecule has 0 aromatic heterocycles. The molecule has 0 bridgehead atoms. The smallest absolute Gasteiger partial charge is 0.272 e. The maximum atomic E-state index is 13.3. The zero-order valence-electron chi connectivity index (χ0n) is 19.3. The Balaban J connectivity index is 1.47. The number of hydrogen-bond acceptors (Lipinski definition) is 2. The van der Waals surface area contributed by atoms with Crippen molar-refractivity contribution in [3.63, 3.8) is 0 Å². The second kappa shape index (κ2) is 9.65. The molecule has 0 fully saturated rings. The summed E-state index contributed by atoms with van der Waals surface area (Å²) in [6.07, 6.45) is 1.70. The van der Waals surface area contributed by atoms with E-state index in [0.29, 0.717) is 11.3 Å². The first-order chi connectivity index (χ1) is 17.0.